The summed E-state index contributed by atoms with van der Waals surface area (Å²) >= 11 is 0. The van der Waals surface area contributed by atoms with E-state index in [1.165, 1.54) is 10.8 Å². The Kier molecular flexibility index (Phi) is 4.70. The van der Waals surface area contributed by atoms with Gasteiger partial charge in [-0.05, 0) is 46.7 Å². The molecular formula is C23H20N2O. The third kappa shape index (κ3) is 3.95. The van der Waals surface area contributed by atoms with Crippen LogP contribution in [0.4, 0.5) is 11.4 Å². The molecule has 3 heteroatoms. The molecule has 4 aromatic rings. The Hall–Kier alpha value is -3.46. The normalized spacial score (nSPS) is 10.5. The summed E-state index contributed by atoms with van der Waals surface area (Å²) in [6, 6.07) is 32.7. The maximum Gasteiger partial charge on any atom is 0.121 e. The van der Waals surface area contributed by atoms with Gasteiger partial charge in [0.05, 0.1) is 11.4 Å². The zero-order chi connectivity index (χ0) is 17.6. The predicted molar refractivity (Wildman–Crippen MR) is 108 cm³/mol. The summed E-state index contributed by atoms with van der Waals surface area (Å²) < 4.78 is 5.97. The molecule has 0 fully saturated rings. The first-order chi connectivity index (χ1) is 12.9. The van der Waals surface area contributed by atoms with Crippen molar-refractivity contribution in [1.29, 1.82) is 0 Å². The SMILES string of the molecule is c1ccc(NNc2cccc(OCc3ccc4ccccc4c3)c2)cc1. The minimum absolute atomic E-state index is 0.542. The molecule has 4 aromatic carbocycles. The smallest absolute Gasteiger partial charge is 0.121 e. The van der Waals surface area contributed by atoms with Crippen molar-refractivity contribution in [2.75, 3.05) is 10.9 Å². The fraction of sp³-hybridized carbons (Fsp3) is 0.0435. The molecule has 0 atom stereocenters. The highest BCUT2D eigenvalue weighted by Crippen LogP contribution is 2.21. The third-order valence-corrected chi connectivity index (χ3v) is 4.18. The van der Waals surface area contributed by atoms with E-state index in [0.29, 0.717) is 6.61 Å². The van der Waals surface area contributed by atoms with Gasteiger partial charge < -0.3 is 15.6 Å². The molecule has 2 N–H and O–H groups in total. The second-order valence-electron chi connectivity index (χ2n) is 6.11. The number of para-hydroxylation sites is 1. The first kappa shape index (κ1) is 16.0. The zero-order valence-electron chi connectivity index (χ0n) is 14.4. The van der Waals surface area contributed by atoms with Gasteiger partial charge in [0.25, 0.3) is 0 Å². The zero-order valence-corrected chi connectivity index (χ0v) is 14.4. The fourth-order valence-corrected chi connectivity index (χ4v) is 2.82. The molecule has 4 rings (SSSR count). The van der Waals surface area contributed by atoms with Crippen molar-refractivity contribution in [3.05, 3.63) is 103 Å². The van der Waals surface area contributed by atoms with E-state index in [1.54, 1.807) is 0 Å². The Bertz CT molecular complexity index is 999. The van der Waals surface area contributed by atoms with Gasteiger partial charge in [-0.3, -0.25) is 0 Å². The van der Waals surface area contributed by atoms with Crippen LogP contribution in [0.2, 0.25) is 0 Å². The van der Waals surface area contributed by atoms with Gasteiger partial charge in [-0.2, -0.15) is 0 Å². The van der Waals surface area contributed by atoms with E-state index in [2.05, 4.69) is 53.3 Å². The van der Waals surface area contributed by atoms with Gasteiger partial charge in [0.2, 0.25) is 0 Å². The van der Waals surface area contributed by atoms with Crippen LogP contribution in [0.25, 0.3) is 10.8 Å². The molecule has 26 heavy (non-hydrogen) atoms. The van der Waals surface area contributed by atoms with E-state index >= 15 is 0 Å². The second kappa shape index (κ2) is 7.62. The Morgan fingerprint density at radius 2 is 1.31 bits per heavy atom. The largest absolute Gasteiger partial charge is 0.489 e. The van der Waals surface area contributed by atoms with Gasteiger partial charge in [0, 0.05) is 6.07 Å². The third-order valence-electron chi connectivity index (χ3n) is 4.18. The first-order valence-corrected chi connectivity index (χ1v) is 8.64. The molecule has 0 aromatic heterocycles. The summed E-state index contributed by atoms with van der Waals surface area (Å²) in [5.74, 6) is 0.832. The summed E-state index contributed by atoms with van der Waals surface area (Å²) in [4.78, 5) is 0. The Morgan fingerprint density at radius 3 is 2.19 bits per heavy atom. The fourth-order valence-electron chi connectivity index (χ4n) is 2.82. The van der Waals surface area contributed by atoms with Crippen LogP contribution in [-0.2, 0) is 6.61 Å². The summed E-state index contributed by atoms with van der Waals surface area (Å²) in [6.45, 7) is 0.542. The van der Waals surface area contributed by atoms with Crippen LogP contribution >= 0.6 is 0 Å². The minimum Gasteiger partial charge on any atom is -0.489 e. The Morgan fingerprint density at radius 1 is 0.577 bits per heavy atom. The molecule has 128 valence electrons. The highest BCUT2D eigenvalue weighted by molar-refractivity contribution is 5.82. The van der Waals surface area contributed by atoms with E-state index in [1.807, 2.05) is 54.6 Å². The number of hydrogen-bond acceptors (Lipinski definition) is 3. The molecule has 0 spiro atoms. The maximum atomic E-state index is 5.97. The van der Waals surface area contributed by atoms with Gasteiger partial charge >= 0.3 is 0 Å². The molecule has 0 saturated carbocycles. The number of fused-ring (bicyclic) bond motifs is 1. The van der Waals surface area contributed by atoms with Gasteiger partial charge in [0.15, 0.2) is 0 Å². The standard InChI is InChI=1S/C23H20N2O/c1-2-9-21(10-3-1)24-25-22-11-6-12-23(16-22)26-17-18-13-14-19-7-4-5-8-20(19)15-18/h1-16,24-25H,17H2. The van der Waals surface area contributed by atoms with Crippen LogP contribution in [0.5, 0.6) is 5.75 Å². The number of benzene rings is 4. The van der Waals surface area contributed by atoms with E-state index < -0.39 is 0 Å². The highest BCUT2D eigenvalue weighted by Gasteiger charge is 2.00. The van der Waals surface area contributed by atoms with Crippen LogP contribution in [0.15, 0.2) is 97.1 Å². The molecule has 0 aliphatic heterocycles. The van der Waals surface area contributed by atoms with Crippen molar-refractivity contribution >= 4 is 22.1 Å². The number of nitrogens with one attached hydrogen (secondary N) is 2. The number of hydrogen-bond donors (Lipinski definition) is 2. The van der Waals surface area contributed by atoms with Crippen LogP contribution in [0, 0.1) is 0 Å². The molecule has 0 aliphatic rings. The lowest BCUT2D eigenvalue weighted by Crippen LogP contribution is -2.08. The highest BCUT2D eigenvalue weighted by atomic mass is 16.5. The monoisotopic (exact) mass is 340 g/mol. The summed E-state index contributed by atoms with van der Waals surface area (Å²) in [6.07, 6.45) is 0. The number of ether oxygens (including phenoxy) is 1. The second-order valence-corrected chi connectivity index (χ2v) is 6.11. The van der Waals surface area contributed by atoms with Crippen LogP contribution < -0.4 is 15.6 Å². The average Bonchev–Trinajstić information content (AvgIpc) is 2.72. The Labute approximate surface area is 153 Å². The molecule has 0 amide bonds. The van der Waals surface area contributed by atoms with Crippen molar-refractivity contribution in [2.45, 2.75) is 6.61 Å². The van der Waals surface area contributed by atoms with E-state index in [-0.39, 0.29) is 0 Å². The van der Waals surface area contributed by atoms with Crippen molar-refractivity contribution in [3.8, 4) is 5.75 Å². The van der Waals surface area contributed by atoms with E-state index in [9.17, 15) is 0 Å². The lowest BCUT2D eigenvalue weighted by Gasteiger charge is -2.12. The van der Waals surface area contributed by atoms with Crippen molar-refractivity contribution in [2.24, 2.45) is 0 Å². The van der Waals surface area contributed by atoms with Gasteiger partial charge in [-0.1, -0.05) is 60.7 Å². The number of rotatable bonds is 6. The molecule has 0 heterocycles. The molecular weight excluding hydrogens is 320 g/mol. The predicted octanol–water partition coefficient (Wildman–Crippen LogP) is 5.86. The van der Waals surface area contributed by atoms with Gasteiger partial charge in [-0.25, -0.2) is 0 Å². The van der Waals surface area contributed by atoms with Gasteiger partial charge in [0.1, 0.15) is 12.4 Å². The van der Waals surface area contributed by atoms with Crippen molar-refractivity contribution < 1.29 is 4.74 Å². The van der Waals surface area contributed by atoms with Gasteiger partial charge in [-0.15, -0.1) is 0 Å². The summed E-state index contributed by atoms with van der Waals surface area (Å²) in [5, 5.41) is 2.48. The van der Waals surface area contributed by atoms with Crippen LogP contribution in [0.1, 0.15) is 5.56 Å². The maximum absolute atomic E-state index is 5.97. The lowest BCUT2D eigenvalue weighted by atomic mass is 10.1. The van der Waals surface area contributed by atoms with E-state index in [0.717, 1.165) is 22.7 Å². The average molecular weight is 340 g/mol. The number of hydrazine groups is 1. The molecule has 3 nitrogen and oxygen atoms in total. The number of anilines is 2. The quantitative estimate of drug-likeness (QED) is 0.431. The summed E-state index contributed by atoms with van der Waals surface area (Å²) in [7, 11) is 0. The minimum atomic E-state index is 0.542. The van der Waals surface area contributed by atoms with Crippen LogP contribution in [-0.4, -0.2) is 0 Å². The van der Waals surface area contributed by atoms with E-state index in [4.69, 9.17) is 4.74 Å². The Balaban J connectivity index is 1.40. The van der Waals surface area contributed by atoms with Crippen molar-refractivity contribution in [3.63, 3.8) is 0 Å². The molecule has 0 radical (unpaired) electrons. The van der Waals surface area contributed by atoms with Crippen LogP contribution in [0.3, 0.4) is 0 Å². The topological polar surface area (TPSA) is 33.3 Å². The lowest BCUT2D eigenvalue weighted by molar-refractivity contribution is 0.306. The van der Waals surface area contributed by atoms with Crippen molar-refractivity contribution in [1.82, 2.24) is 0 Å². The molecule has 0 aliphatic carbocycles. The molecule has 0 bridgehead atoms. The molecule has 0 saturated heterocycles. The molecule has 0 unspecified atom stereocenters. The summed E-state index contributed by atoms with van der Waals surface area (Å²) in [5.41, 5.74) is 9.49. The first-order valence-electron chi connectivity index (χ1n) is 8.64.